The highest BCUT2D eigenvalue weighted by Gasteiger charge is 2.27. The summed E-state index contributed by atoms with van der Waals surface area (Å²) >= 11 is 5.81. The van der Waals surface area contributed by atoms with Crippen molar-refractivity contribution >= 4 is 22.8 Å². The zero-order valence-corrected chi connectivity index (χ0v) is 11.5. The van der Waals surface area contributed by atoms with E-state index in [1.54, 1.807) is 10.8 Å². The maximum absolute atomic E-state index is 12.0. The first-order chi connectivity index (χ1) is 9.42. The van der Waals surface area contributed by atoms with E-state index >= 15 is 0 Å². The molecule has 8 heteroatoms. The molecule has 0 fully saturated rings. The van der Waals surface area contributed by atoms with E-state index in [0.717, 1.165) is 5.56 Å². The number of hydrogen-bond acceptors (Lipinski definition) is 3. The first-order valence-corrected chi connectivity index (χ1v) is 6.47. The third kappa shape index (κ3) is 3.40. The van der Waals surface area contributed by atoms with Crippen molar-refractivity contribution in [3.63, 3.8) is 0 Å². The third-order valence-corrected chi connectivity index (χ3v) is 3.00. The van der Waals surface area contributed by atoms with Crippen molar-refractivity contribution in [1.82, 2.24) is 14.5 Å². The Kier molecular flexibility index (Phi) is 4.49. The van der Waals surface area contributed by atoms with Crippen LogP contribution in [0.3, 0.4) is 0 Å². The Labute approximate surface area is 118 Å². The van der Waals surface area contributed by atoms with Crippen LogP contribution >= 0.6 is 11.6 Å². The molecular weight excluding hydrogens is 295 g/mol. The molecule has 0 aromatic carbocycles. The van der Waals surface area contributed by atoms with Crippen LogP contribution in [-0.2, 0) is 17.2 Å². The fourth-order valence-corrected chi connectivity index (χ4v) is 2.07. The van der Waals surface area contributed by atoms with Gasteiger partial charge in [0.25, 0.3) is 0 Å². The monoisotopic (exact) mass is 307 g/mol. The lowest BCUT2D eigenvalue weighted by Gasteiger charge is -2.09. The molecule has 0 spiro atoms. The van der Waals surface area contributed by atoms with E-state index in [2.05, 4.69) is 14.7 Å². The van der Waals surface area contributed by atoms with Crippen LogP contribution in [0.4, 0.5) is 13.2 Å². The van der Waals surface area contributed by atoms with E-state index in [-0.39, 0.29) is 19.0 Å². The molecule has 0 radical (unpaired) electrons. The topological polar surface area (TPSA) is 39.9 Å². The van der Waals surface area contributed by atoms with Crippen molar-refractivity contribution in [3.05, 3.63) is 23.7 Å². The third-order valence-electron chi connectivity index (χ3n) is 2.76. The van der Waals surface area contributed by atoms with E-state index in [9.17, 15) is 13.2 Å². The highest BCUT2D eigenvalue weighted by atomic mass is 35.5. The first-order valence-electron chi connectivity index (χ1n) is 5.93. The number of rotatable bonds is 5. The molecule has 2 aromatic heterocycles. The molecule has 0 aliphatic heterocycles. The minimum absolute atomic E-state index is 0.0789. The molecule has 2 heterocycles. The Balaban J connectivity index is 2.14. The Morgan fingerprint density at radius 3 is 2.80 bits per heavy atom. The Bertz CT molecular complexity index is 597. The van der Waals surface area contributed by atoms with Crippen molar-refractivity contribution < 1.29 is 17.9 Å². The lowest BCUT2D eigenvalue weighted by atomic mass is 10.3. The fourth-order valence-electron chi connectivity index (χ4n) is 1.86. The Morgan fingerprint density at radius 2 is 2.15 bits per heavy atom. The van der Waals surface area contributed by atoms with Gasteiger partial charge in [-0.1, -0.05) is 0 Å². The summed E-state index contributed by atoms with van der Waals surface area (Å²) in [5.41, 5.74) is 2.26. The maximum Gasteiger partial charge on any atom is 0.411 e. The summed E-state index contributed by atoms with van der Waals surface area (Å²) in [6, 6.07) is 1.82. The van der Waals surface area contributed by atoms with Gasteiger partial charge in [0.05, 0.1) is 12.5 Å². The summed E-state index contributed by atoms with van der Waals surface area (Å²) in [7, 11) is 0. The minimum Gasteiger partial charge on any atom is -0.370 e. The number of hydrogen-bond donors (Lipinski definition) is 0. The van der Waals surface area contributed by atoms with Gasteiger partial charge in [0.15, 0.2) is 5.65 Å². The van der Waals surface area contributed by atoms with Crippen LogP contribution in [0.15, 0.2) is 12.3 Å². The Morgan fingerprint density at radius 1 is 1.40 bits per heavy atom. The molecule has 0 saturated carbocycles. The predicted octanol–water partition coefficient (Wildman–Crippen LogP) is 3.06. The van der Waals surface area contributed by atoms with Gasteiger partial charge < -0.3 is 9.30 Å². The van der Waals surface area contributed by atoms with Crippen LogP contribution in [0, 0.1) is 6.92 Å². The molecule has 0 atom stereocenters. The fraction of sp³-hybridized carbons (Fsp3) is 0.500. The summed E-state index contributed by atoms with van der Waals surface area (Å²) in [6.07, 6.45) is -2.69. The van der Waals surface area contributed by atoms with Gasteiger partial charge in [-0.15, -0.1) is 11.6 Å². The number of fused-ring (bicyclic) bond motifs is 1. The van der Waals surface area contributed by atoms with Gasteiger partial charge in [-0.25, -0.2) is 9.97 Å². The lowest BCUT2D eigenvalue weighted by molar-refractivity contribution is -0.174. The molecule has 0 bridgehead atoms. The largest absolute Gasteiger partial charge is 0.411 e. The lowest BCUT2D eigenvalue weighted by Crippen LogP contribution is -2.19. The van der Waals surface area contributed by atoms with Crippen molar-refractivity contribution in [3.8, 4) is 0 Å². The molecule has 4 nitrogen and oxygen atoms in total. The number of ether oxygens (including phenoxy) is 1. The first kappa shape index (κ1) is 15.1. The summed E-state index contributed by atoms with van der Waals surface area (Å²) in [5.74, 6) is 0.730. The molecule has 0 aliphatic carbocycles. The number of alkyl halides is 4. The zero-order valence-electron chi connectivity index (χ0n) is 10.7. The molecule has 0 unspecified atom stereocenters. The second kappa shape index (κ2) is 5.97. The average Bonchev–Trinajstić information content (AvgIpc) is 2.73. The standard InChI is InChI=1S/C12H13ClF3N3O/c1-8-2-3-17-11-10(8)18-9(6-13)19(11)4-5-20-7-12(14,15)16/h2-3H,4-7H2,1H3. The van der Waals surface area contributed by atoms with Gasteiger partial charge in [-0.05, 0) is 18.6 Å². The number of aryl methyl sites for hydroxylation is 1. The molecule has 0 aliphatic rings. The number of nitrogens with zero attached hydrogens (tertiary/aromatic N) is 3. The normalized spacial score (nSPS) is 12.2. The highest BCUT2D eigenvalue weighted by Crippen LogP contribution is 2.19. The van der Waals surface area contributed by atoms with Gasteiger partial charge in [-0.2, -0.15) is 13.2 Å². The molecular formula is C12H13ClF3N3O. The molecule has 2 aromatic rings. The highest BCUT2D eigenvalue weighted by molar-refractivity contribution is 6.16. The van der Waals surface area contributed by atoms with Gasteiger partial charge in [0.2, 0.25) is 0 Å². The number of aromatic nitrogens is 3. The molecule has 0 saturated heterocycles. The van der Waals surface area contributed by atoms with Gasteiger partial charge in [0.1, 0.15) is 17.9 Å². The number of imidazole rings is 1. The van der Waals surface area contributed by atoms with Gasteiger partial charge in [-0.3, -0.25) is 0 Å². The van der Waals surface area contributed by atoms with Crippen molar-refractivity contribution in [2.75, 3.05) is 13.2 Å². The van der Waals surface area contributed by atoms with E-state index in [1.807, 2.05) is 13.0 Å². The second-order valence-corrected chi connectivity index (χ2v) is 4.55. The van der Waals surface area contributed by atoms with Crippen LogP contribution in [0.5, 0.6) is 0 Å². The SMILES string of the molecule is Cc1ccnc2c1nc(CCl)n2CCOCC(F)(F)F. The second-order valence-electron chi connectivity index (χ2n) is 4.28. The smallest absolute Gasteiger partial charge is 0.370 e. The number of halogens is 4. The average molecular weight is 308 g/mol. The molecule has 0 amide bonds. The Hall–Kier alpha value is -1.34. The van der Waals surface area contributed by atoms with Crippen molar-refractivity contribution in [2.45, 2.75) is 25.5 Å². The maximum atomic E-state index is 12.0. The summed E-state index contributed by atoms with van der Waals surface area (Å²) in [6.45, 7) is 0.775. The van der Waals surface area contributed by atoms with Crippen molar-refractivity contribution in [2.24, 2.45) is 0 Å². The van der Waals surface area contributed by atoms with Crippen LogP contribution in [0.1, 0.15) is 11.4 Å². The quantitative estimate of drug-likeness (QED) is 0.629. The predicted molar refractivity (Wildman–Crippen MR) is 68.7 cm³/mol. The van der Waals surface area contributed by atoms with E-state index < -0.39 is 12.8 Å². The minimum atomic E-state index is -4.32. The van der Waals surface area contributed by atoms with Crippen LogP contribution in [0.25, 0.3) is 11.2 Å². The van der Waals surface area contributed by atoms with Gasteiger partial charge in [0, 0.05) is 12.7 Å². The summed E-state index contributed by atoms with van der Waals surface area (Å²) in [5, 5.41) is 0. The van der Waals surface area contributed by atoms with Crippen LogP contribution in [0.2, 0.25) is 0 Å². The van der Waals surface area contributed by atoms with Crippen LogP contribution in [-0.4, -0.2) is 33.9 Å². The van der Waals surface area contributed by atoms with E-state index in [1.165, 1.54) is 0 Å². The van der Waals surface area contributed by atoms with E-state index in [4.69, 9.17) is 11.6 Å². The van der Waals surface area contributed by atoms with Crippen LogP contribution < -0.4 is 0 Å². The number of pyridine rings is 1. The van der Waals surface area contributed by atoms with Gasteiger partial charge >= 0.3 is 6.18 Å². The molecule has 2 rings (SSSR count). The van der Waals surface area contributed by atoms with Crippen molar-refractivity contribution in [1.29, 1.82) is 0 Å². The van der Waals surface area contributed by atoms with E-state index in [0.29, 0.717) is 17.0 Å². The molecule has 20 heavy (non-hydrogen) atoms. The molecule has 110 valence electrons. The zero-order chi connectivity index (χ0) is 14.8. The summed E-state index contributed by atoms with van der Waals surface area (Å²) in [4.78, 5) is 8.55. The summed E-state index contributed by atoms with van der Waals surface area (Å²) < 4.78 is 42.3. The molecule has 0 N–H and O–H groups in total.